The third-order valence-corrected chi connectivity index (χ3v) is 5.13. The normalized spacial score (nSPS) is 18.5. The molecule has 126 valence electrons. The molecule has 1 saturated heterocycles. The molecule has 1 aromatic carbocycles. The maximum absolute atomic E-state index is 12.4. The number of hydrogen-bond acceptors (Lipinski definition) is 4. The molecule has 1 heterocycles. The molecule has 1 aliphatic rings. The van der Waals surface area contributed by atoms with Crippen molar-refractivity contribution in [3.05, 3.63) is 24.3 Å². The van der Waals surface area contributed by atoms with E-state index in [2.05, 4.69) is 10.0 Å². The molecule has 23 heavy (non-hydrogen) atoms. The lowest BCUT2D eigenvalue weighted by Gasteiger charge is -2.21. The number of amides is 2. The van der Waals surface area contributed by atoms with Crippen LogP contribution in [0.3, 0.4) is 0 Å². The molecule has 7 nitrogen and oxygen atoms in total. The van der Waals surface area contributed by atoms with Gasteiger partial charge in [-0.15, -0.1) is 0 Å². The van der Waals surface area contributed by atoms with Gasteiger partial charge >= 0.3 is 0 Å². The van der Waals surface area contributed by atoms with Crippen LogP contribution in [0.15, 0.2) is 29.2 Å². The van der Waals surface area contributed by atoms with Gasteiger partial charge in [0.05, 0.1) is 4.90 Å². The van der Waals surface area contributed by atoms with Crippen LogP contribution in [0.5, 0.6) is 0 Å². The van der Waals surface area contributed by atoms with Crippen LogP contribution in [-0.4, -0.2) is 43.8 Å². The minimum atomic E-state index is -3.70. The molecule has 0 spiro atoms. The number of carbonyl (C=O) groups is 2. The average molecular weight is 339 g/mol. The van der Waals surface area contributed by atoms with E-state index in [1.54, 1.807) is 4.90 Å². The van der Waals surface area contributed by atoms with Gasteiger partial charge in [0, 0.05) is 37.7 Å². The molecule has 1 aliphatic heterocycles. The van der Waals surface area contributed by atoms with Crippen molar-refractivity contribution in [1.29, 1.82) is 0 Å². The SMILES string of the molecule is CC(=O)Nc1ccc(S(=O)(=O)NC2CC(=O)N(C(C)C)C2)cc1. The zero-order valence-electron chi connectivity index (χ0n) is 13.4. The highest BCUT2D eigenvalue weighted by Crippen LogP contribution is 2.18. The minimum Gasteiger partial charge on any atom is -0.339 e. The molecule has 0 bridgehead atoms. The first-order valence-electron chi connectivity index (χ1n) is 7.38. The van der Waals surface area contributed by atoms with Crippen molar-refractivity contribution in [2.45, 2.75) is 44.2 Å². The number of benzene rings is 1. The van der Waals surface area contributed by atoms with E-state index < -0.39 is 16.1 Å². The molecule has 2 N–H and O–H groups in total. The fourth-order valence-electron chi connectivity index (χ4n) is 2.52. The van der Waals surface area contributed by atoms with E-state index in [1.807, 2.05) is 13.8 Å². The van der Waals surface area contributed by atoms with E-state index in [0.717, 1.165) is 0 Å². The third-order valence-electron chi connectivity index (χ3n) is 3.59. The quantitative estimate of drug-likeness (QED) is 0.834. The van der Waals surface area contributed by atoms with E-state index in [9.17, 15) is 18.0 Å². The lowest BCUT2D eigenvalue weighted by molar-refractivity contribution is -0.129. The summed E-state index contributed by atoms with van der Waals surface area (Å²) >= 11 is 0. The number of nitrogens with zero attached hydrogens (tertiary/aromatic N) is 1. The summed E-state index contributed by atoms with van der Waals surface area (Å²) < 4.78 is 27.3. The van der Waals surface area contributed by atoms with Crippen molar-refractivity contribution in [2.24, 2.45) is 0 Å². The second kappa shape index (κ2) is 6.67. The van der Waals surface area contributed by atoms with Gasteiger partial charge in [-0.1, -0.05) is 0 Å². The molecule has 2 rings (SSSR count). The summed E-state index contributed by atoms with van der Waals surface area (Å²) in [5, 5.41) is 2.58. The zero-order chi connectivity index (χ0) is 17.2. The van der Waals surface area contributed by atoms with E-state index in [4.69, 9.17) is 0 Å². The number of nitrogens with one attached hydrogen (secondary N) is 2. The first-order chi connectivity index (χ1) is 10.7. The van der Waals surface area contributed by atoms with Crippen molar-refractivity contribution in [3.8, 4) is 0 Å². The van der Waals surface area contributed by atoms with Gasteiger partial charge in [-0.3, -0.25) is 9.59 Å². The summed E-state index contributed by atoms with van der Waals surface area (Å²) in [6, 6.07) is 5.51. The molecule has 1 aromatic rings. The summed E-state index contributed by atoms with van der Waals surface area (Å²) in [6.45, 7) is 5.55. The Morgan fingerprint density at radius 3 is 2.35 bits per heavy atom. The molecular formula is C15H21N3O4S. The smallest absolute Gasteiger partial charge is 0.240 e. The highest BCUT2D eigenvalue weighted by Gasteiger charge is 2.33. The largest absolute Gasteiger partial charge is 0.339 e. The predicted octanol–water partition coefficient (Wildman–Crippen LogP) is 0.933. The third kappa shape index (κ3) is 4.29. The highest BCUT2D eigenvalue weighted by atomic mass is 32.2. The summed E-state index contributed by atoms with van der Waals surface area (Å²) in [7, 11) is -3.70. The van der Waals surface area contributed by atoms with Crippen LogP contribution in [0.2, 0.25) is 0 Å². The first kappa shape index (κ1) is 17.4. The van der Waals surface area contributed by atoms with Crippen LogP contribution in [0.4, 0.5) is 5.69 Å². The van der Waals surface area contributed by atoms with E-state index in [1.165, 1.54) is 31.2 Å². The number of likely N-dealkylation sites (tertiary alicyclic amines) is 1. The summed E-state index contributed by atoms with van der Waals surface area (Å²) in [5.41, 5.74) is 0.526. The van der Waals surface area contributed by atoms with Crippen LogP contribution in [-0.2, 0) is 19.6 Å². The van der Waals surface area contributed by atoms with Gasteiger partial charge in [-0.25, -0.2) is 13.1 Å². The van der Waals surface area contributed by atoms with E-state index in [-0.39, 0.29) is 29.2 Å². The fraction of sp³-hybridized carbons (Fsp3) is 0.467. The Balaban J connectivity index is 2.07. The van der Waals surface area contributed by atoms with Gasteiger partial charge in [0.15, 0.2) is 0 Å². The van der Waals surface area contributed by atoms with Crippen LogP contribution >= 0.6 is 0 Å². The Hall–Kier alpha value is -1.93. The molecular weight excluding hydrogens is 318 g/mol. The standard InChI is InChI=1S/C15H21N3O4S/c1-10(2)18-9-13(8-15(18)20)17-23(21,22)14-6-4-12(5-7-14)16-11(3)19/h4-7,10,13,17H,8-9H2,1-3H3,(H,16,19). The Morgan fingerprint density at radius 2 is 1.87 bits per heavy atom. The Kier molecular flexibility index (Phi) is 5.06. The number of sulfonamides is 1. The fourth-order valence-corrected chi connectivity index (χ4v) is 3.74. The summed E-state index contributed by atoms with van der Waals surface area (Å²) in [6.07, 6.45) is 0.168. The van der Waals surface area contributed by atoms with Crippen molar-refractivity contribution < 1.29 is 18.0 Å². The molecule has 2 amide bonds. The van der Waals surface area contributed by atoms with Crippen molar-refractivity contribution in [2.75, 3.05) is 11.9 Å². The summed E-state index contributed by atoms with van der Waals surface area (Å²) in [4.78, 5) is 24.6. The Labute approximate surface area is 136 Å². The molecule has 1 unspecified atom stereocenters. The molecule has 0 aliphatic carbocycles. The Morgan fingerprint density at radius 1 is 1.26 bits per heavy atom. The van der Waals surface area contributed by atoms with Gasteiger partial charge < -0.3 is 10.2 Å². The molecule has 1 atom stereocenters. The van der Waals surface area contributed by atoms with Gasteiger partial charge in [-0.05, 0) is 38.1 Å². The lowest BCUT2D eigenvalue weighted by Crippen LogP contribution is -2.38. The lowest BCUT2D eigenvalue weighted by atomic mass is 10.3. The summed E-state index contributed by atoms with van der Waals surface area (Å²) in [5.74, 6) is -0.273. The van der Waals surface area contributed by atoms with Gasteiger partial charge in [0.2, 0.25) is 21.8 Å². The number of carbonyl (C=O) groups excluding carboxylic acids is 2. The van der Waals surface area contributed by atoms with Crippen molar-refractivity contribution in [3.63, 3.8) is 0 Å². The highest BCUT2D eigenvalue weighted by molar-refractivity contribution is 7.89. The average Bonchev–Trinajstić information content (AvgIpc) is 2.79. The maximum Gasteiger partial charge on any atom is 0.240 e. The van der Waals surface area contributed by atoms with Crippen LogP contribution in [0, 0.1) is 0 Å². The van der Waals surface area contributed by atoms with Gasteiger partial charge in [0.25, 0.3) is 0 Å². The second-order valence-electron chi connectivity index (χ2n) is 5.87. The molecule has 8 heteroatoms. The van der Waals surface area contributed by atoms with Gasteiger partial charge in [0.1, 0.15) is 0 Å². The van der Waals surface area contributed by atoms with E-state index in [0.29, 0.717) is 12.2 Å². The minimum absolute atomic E-state index is 0.0475. The number of anilines is 1. The monoisotopic (exact) mass is 339 g/mol. The maximum atomic E-state index is 12.4. The predicted molar refractivity (Wildman–Crippen MR) is 86.3 cm³/mol. The zero-order valence-corrected chi connectivity index (χ0v) is 14.2. The topological polar surface area (TPSA) is 95.6 Å². The van der Waals surface area contributed by atoms with Crippen molar-refractivity contribution in [1.82, 2.24) is 9.62 Å². The van der Waals surface area contributed by atoms with Crippen LogP contribution in [0.1, 0.15) is 27.2 Å². The second-order valence-corrected chi connectivity index (χ2v) is 7.58. The molecule has 0 aromatic heterocycles. The van der Waals surface area contributed by atoms with Crippen molar-refractivity contribution >= 4 is 27.5 Å². The van der Waals surface area contributed by atoms with Gasteiger partial charge in [-0.2, -0.15) is 0 Å². The Bertz CT molecular complexity index is 698. The van der Waals surface area contributed by atoms with Crippen LogP contribution < -0.4 is 10.0 Å². The number of rotatable bonds is 5. The van der Waals surface area contributed by atoms with Crippen LogP contribution in [0.25, 0.3) is 0 Å². The molecule has 0 radical (unpaired) electrons. The van der Waals surface area contributed by atoms with E-state index >= 15 is 0 Å². The molecule has 0 saturated carbocycles. The first-order valence-corrected chi connectivity index (χ1v) is 8.87. The number of hydrogen-bond donors (Lipinski definition) is 2. The molecule has 1 fully saturated rings.